The van der Waals surface area contributed by atoms with Crippen molar-refractivity contribution in [3.8, 4) is 0 Å². The molecular formula is C19H18N4O2. The fourth-order valence-corrected chi connectivity index (χ4v) is 3.18. The Balaban J connectivity index is 1.63. The van der Waals surface area contributed by atoms with E-state index in [2.05, 4.69) is 15.3 Å². The molecule has 2 aromatic carbocycles. The maximum absolute atomic E-state index is 12.7. The smallest absolute Gasteiger partial charge is 0.323 e. The van der Waals surface area contributed by atoms with Crippen molar-refractivity contribution in [1.82, 2.24) is 19.9 Å². The second-order valence-corrected chi connectivity index (χ2v) is 6.24. The summed E-state index contributed by atoms with van der Waals surface area (Å²) < 4.78 is 1.99. The van der Waals surface area contributed by atoms with E-state index in [1.54, 1.807) is 0 Å². The largest absolute Gasteiger partial charge is 0.351 e. The van der Waals surface area contributed by atoms with Crippen molar-refractivity contribution in [2.75, 3.05) is 0 Å². The molecule has 4 aromatic rings. The third-order valence-corrected chi connectivity index (χ3v) is 4.56. The molecule has 0 spiro atoms. The number of aromatic amines is 2. The van der Waals surface area contributed by atoms with Crippen molar-refractivity contribution >= 4 is 27.8 Å². The predicted octanol–water partition coefficient (Wildman–Crippen LogP) is 2.84. The second kappa shape index (κ2) is 5.66. The van der Waals surface area contributed by atoms with Gasteiger partial charge in [0.05, 0.1) is 17.1 Å². The van der Waals surface area contributed by atoms with Crippen molar-refractivity contribution in [3.63, 3.8) is 0 Å². The molecule has 1 unspecified atom stereocenters. The average Bonchev–Trinajstić information content (AvgIpc) is 3.15. The van der Waals surface area contributed by atoms with Crippen LogP contribution >= 0.6 is 0 Å². The standard InChI is InChI=1S/C19H18N4O2/c1-11(12-6-7-15-16(10-12)22-19(25)21-15)20-18(24)14-4-3-5-17-13(14)8-9-23(17)2/h3-11H,1-2H3,(H,20,24)(H2,21,22,25). The Morgan fingerprint density at radius 3 is 2.76 bits per heavy atom. The number of carbonyl (C=O) groups is 1. The van der Waals surface area contributed by atoms with E-state index in [1.807, 2.05) is 67.2 Å². The van der Waals surface area contributed by atoms with Crippen molar-refractivity contribution in [2.45, 2.75) is 13.0 Å². The molecule has 0 saturated carbocycles. The van der Waals surface area contributed by atoms with E-state index in [-0.39, 0.29) is 17.6 Å². The lowest BCUT2D eigenvalue weighted by Gasteiger charge is -2.15. The molecule has 0 fully saturated rings. The van der Waals surface area contributed by atoms with Crippen molar-refractivity contribution in [2.24, 2.45) is 7.05 Å². The van der Waals surface area contributed by atoms with Crippen LogP contribution in [0.2, 0.25) is 0 Å². The molecule has 0 aliphatic heterocycles. The first kappa shape index (κ1) is 15.3. The van der Waals surface area contributed by atoms with Crippen LogP contribution in [0.4, 0.5) is 0 Å². The summed E-state index contributed by atoms with van der Waals surface area (Å²) in [6.07, 6.45) is 1.95. The lowest BCUT2D eigenvalue weighted by atomic mass is 10.1. The first-order valence-electron chi connectivity index (χ1n) is 8.10. The number of H-pyrrole nitrogens is 2. The van der Waals surface area contributed by atoms with Crippen LogP contribution in [0.15, 0.2) is 53.5 Å². The van der Waals surface area contributed by atoms with Crippen LogP contribution in [0.1, 0.15) is 28.9 Å². The fraction of sp³-hybridized carbons (Fsp3) is 0.158. The van der Waals surface area contributed by atoms with Crippen molar-refractivity contribution < 1.29 is 4.79 Å². The van der Waals surface area contributed by atoms with Gasteiger partial charge in [0.25, 0.3) is 5.91 Å². The second-order valence-electron chi connectivity index (χ2n) is 6.24. The van der Waals surface area contributed by atoms with E-state index in [1.165, 1.54) is 0 Å². The molecule has 0 aliphatic carbocycles. The Labute approximate surface area is 143 Å². The van der Waals surface area contributed by atoms with Gasteiger partial charge in [0.2, 0.25) is 0 Å². The summed E-state index contributed by atoms with van der Waals surface area (Å²) >= 11 is 0. The highest BCUT2D eigenvalue weighted by atomic mass is 16.2. The molecule has 0 bridgehead atoms. The fourth-order valence-electron chi connectivity index (χ4n) is 3.18. The maximum atomic E-state index is 12.7. The quantitative estimate of drug-likeness (QED) is 0.538. The minimum atomic E-state index is -0.236. The summed E-state index contributed by atoms with van der Waals surface area (Å²) in [5.74, 6) is -0.119. The summed E-state index contributed by atoms with van der Waals surface area (Å²) in [5.41, 5.74) is 3.85. The molecule has 0 aliphatic rings. The van der Waals surface area contributed by atoms with Gasteiger partial charge in [-0.15, -0.1) is 0 Å². The summed E-state index contributed by atoms with van der Waals surface area (Å²) in [5, 5.41) is 3.97. The number of carbonyl (C=O) groups excluding carboxylic acids is 1. The van der Waals surface area contributed by atoms with Gasteiger partial charge in [-0.3, -0.25) is 4.79 Å². The number of nitrogens with one attached hydrogen (secondary N) is 3. The Bertz CT molecular complexity index is 1150. The monoisotopic (exact) mass is 334 g/mol. The number of amides is 1. The van der Waals surface area contributed by atoms with Crippen molar-refractivity contribution in [3.05, 3.63) is 70.3 Å². The van der Waals surface area contributed by atoms with Gasteiger partial charge < -0.3 is 19.9 Å². The van der Waals surface area contributed by atoms with Gasteiger partial charge in [-0.25, -0.2) is 4.79 Å². The average molecular weight is 334 g/mol. The molecule has 2 heterocycles. The number of hydrogen-bond acceptors (Lipinski definition) is 2. The van der Waals surface area contributed by atoms with Crippen molar-refractivity contribution in [1.29, 1.82) is 0 Å². The number of hydrogen-bond donors (Lipinski definition) is 3. The van der Waals surface area contributed by atoms with Gasteiger partial charge in [-0.05, 0) is 42.8 Å². The lowest BCUT2D eigenvalue weighted by molar-refractivity contribution is 0.0941. The molecule has 0 radical (unpaired) electrons. The molecule has 4 rings (SSSR count). The third kappa shape index (κ3) is 2.61. The molecule has 6 nitrogen and oxygen atoms in total. The van der Waals surface area contributed by atoms with Gasteiger partial charge in [-0.1, -0.05) is 12.1 Å². The number of aryl methyl sites for hydroxylation is 1. The van der Waals surface area contributed by atoms with E-state index >= 15 is 0 Å². The minimum absolute atomic E-state index is 0.119. The van der Waals surface area contributed by atoms with E-state index in [0.29, 0.717) is 5.56 Å². The Morgan fingerprint density at radius 1 is 1.12 bits per heavy atom. The minimum Gasteiger partial charge on any atom is -0.351 e. The summed E-state index contributed by atoms with van der Waals surface area (Å²) in [7, 11) is 1.96. The highest BCUT2D eigenvalue weighted by Gasteiger charge is 2.15. The first-order valence-corrected chi connectivity index (χ1v) is 8.10. The first-order chi connectivity index (χ1) is 12.0. The third-order valence-electron chi connectivity index (χ3n) is 4.56. The van der Waals surface area contributed by atoms with E-state index in [0.717, 1.165) is 27.5 Å². The number of imidazole rings is 1. The molecular weight excluding hydrogens is 316 g/mol. The zero-order valence-corrected chi connectivity index (χ0v) is 14.0. The predicted molar refractivity (Wildman–Crippen MR) is 97.7 cm³/mol. The van der Waals surface area contributed by atoms with E-state index in [4.69, 9.17) is 0 Å². The van der Waals surface area contributed by atoms with Gasteiger partial charge in [0, 0.05) is 29.7 Å². The lowest BCUT2D eigenvalue weighted by Crippen LogP contribution is -2.26. The highest BCUT2D eigenvalue weighted by molar-refractivity contribution is 6.06. The topological polar surface area (TPSA) is 82.7 Å². The highest BCUT2D eigenvalue weighted by Crippen LogP contribution is 2.21. The Hall–Kier alpha value is -3.28. The van der Waals surface area contributed by atoms with Crippen LogP contribution in [0.3, 0.4) is 0 Å². The molecule has 6 heteroatoms. The van der Waals surface area contributed by atoms with E-state index in [9.17, 15) is 9.59 Å². The molecule has 1 atom stereocenters. The number of aromatic nitrogens is 3. The van der Waals surface area contributed by atoms with Crippen LogP contribution in [-0.2, 0) is 7.05 Å². The molecule has 2 aromatic heterocycles. The Kier molecular flexibility index (Phi) is 3.46. The van der Waals surface area contributed by atoms with Gasteiger partial charge in [0.15, 0.2) is 0 Å². The van der Waals surface area contributed by atoms with E-state index < -0.39 is 0 Å². The molecule has 25 heavy (non-hydrogen) atoms. The maximum Gasteiger partial charge on any atom is 0.323 e. The number of fused-ring (bicyclic) bond motifs is 2. The SMILES string of the molecule is CC(NC(=O)c1cccc2c1ccn2C)c1ccc2[nH]c(=O)[nH]c2c1. The number of nitrogens with zero attached hydrogens (tertiary/aromatic N) is 1. The van der Waals surface area contributed by atoms with Gasteiger partial charge in [-0.2, -0.15) is 0 Å². The summed E-state index contributed by atoms with van der Waals surface area (Å²) in [6.45, 7) is 1.93. The zero-order valence-electron chi connectivity index (χ0n) is 14.0. The number of rotatable bonds is 3. The van der Waals surface area contributed by atoms with Crippen LogP contribution in [-0.4, -0.2) is 20.4 Å². The summed E-state index contributed by atoms with van der Waals surface area (Å²) in [4.78, 5) is 29.6. The summed E-state index contributed by atoms with van der Waals surface area (Å²) in [6, 6.07) is 13.1. The zero-order chi connectivity index (χ0) is 17.6. The van der Waals surface area contributed by atoms with Crippen LogP contribution < -0.4 is 11.0 Å². The molecule has 0 saturated heterocycles. The van der Waals surface area contributed by atoms with Crippen LogP contribution in [0.5, 0.6) is 0 Å². The molecule has 1 amide bonds. The number of benzene rings is 2. The normalized spacial score (nSPS) is 12.6. The molecule has 126 valence electrons. The van der Waals surface area contributed by atoms with Gasteiger partial charge in [0.1, 0.15) is 0 Å². The molecule has 3 N–H and O–H groups in total. The van der Waals surface area contributed by atoms with Gasteiger partial charge >= 0.3 is 5.69 Å². The van der Waals surface area contributed by atoms with Crippen LogP contribution in [0, 0.1) is 0 Å². The Morgan fingerprint density at radius 2 is 1.92 bits per heavy atom. The van der Waals surface area contributed by atoms with Crippen LogP contribution in [0.25, 0.3) is 21.9 Å².